The van der Waals surface area contributed by atoms with Crippen LogP contribution in [0.25, 0.3) is 0 Å². The Balaban J connectivity index is 2.60. The molecule has 0 spiro atoms. The van der Waals surface area contributed by atoms with Gasteiger partial charge in [0, 0.05) is 18.5 Å². The Bertz CT molecular complexity index is 527. The number of carbonyl (C=O) groups excluding carboxylic acids is 2. The number of aromatic nitrogens is 1. The molecule has 0 fully saturated rings. The lowest BCUT2D eigenvalue weighted by Gasteiger charge is -2.12. The number of nitrogens with one attached hydrogen (secondary N) is 1. The van der Waals surface area contributed by atoms with Gasteiger partial charge in [-0.3, -0.25) is 9.78 Å². The van der Waals surface area contributed by atoms with Crippen LogP contribution in [0.5, 0.6) is 0 Å². The molecule has 0 unspecified atom stereocenters. The van der Waals surface area contributed by atoms with Crippen molar-refractivity contribution in [3.05, 3.63) is 42.2 Å². The summed E-state index contributed by atoms with van der Waals surface area (Å²) >= 11 is 0. The third kappa shape index (κ3) is 5.85. The van der Waals surface area contributed by atoms with Gasteiger partial charge in [-0.2, -0.15) is 0 Å². The van der Waals surface area contributed by atoms with Gasteiger partial charge in [0.2, 0.25) is 0 Å². The number of ether oxygens (including phenoxy) is 1. The van der Waals surface area contributed by atoms with Crippen molar-refractivity contribution in [3.63, 3.8) is 0 Å². The van der Waals surface area contributed by atoms with Crippen molar-refractivity contribution in [2.24, 2.45) is 0 Å². The van der Waals surface area contributed by atoms with Crippen LogP contribution >= 0.6 is 0 Å². The molecule has 0 aliphatic rings. The minimum Gasteiger partial charge on any atom is -0.480 e. The summed E-state index contributed by atoms with van der Waals surface area (Å²) < 4.78 is 4.67. The van der Waals surface area contributed by atoms with Crippen LogP contribution in [0, 0.1) is 0 Å². The Morgan fingerprint density at radius 3 is 2.81 bits per heavy atom. The second kappa shape index (κ2) is 8.47. The van der Waals surface area contributed by atoms with Gasteiger partial charge in [0.1, 0.15) is 6.04 Å². The van der Waals surface area contributed by atoms with Crippen molar-refractivity contribution in [1.82, 2.24) is 10.3 Å². The summed E-state index contributed by atoms with van der Waals surface area (Å²) in [6, 6.07) is 1.96. The molecule has 1 heterocycles. The molecule has 0 aromatic carbocycles. The van der Waals surface area contributed by atoms with Gasteiger partial charge in [0.15, 0.2) is 0 Å². The zero-order valence-corrected chi connectivity index (χ0v) is 11.5. The first-order chi connectivity index (χ1) is 10.0. The molecule has 1 aromatic heterocycles. The van der Waals surface area contributed by atoms with Gasteiger partial charge in [-0.15, -0.1) is 0 Å². The fraction of sp³-hybridized carbons (Fsp3) is 0.286. The van der Waals surface area contributed by atoms with E-state index in [9.17, 15) is 14.4 Å². The molecule has 2 N–H and O–H groups in total. The molecule has 0 aliphatic heterocycles. The average Bonchev–Trinajstić information content (AvgIpc) is 2.47. The highest BCUT2D eigenvalue weighted by Gasteiger charge is 2.19. The Morgan fingerprint density at radius 2 is 2.24 bits per heavy atom. The topological polar surface area (TPSA) is 106 Å². The van der Waals surface area contributed by atoms with Crippen molar-refractivity contribution >= 4 is 17.8 Å². The number of nitrogens with zero attached hydrogens (tertiary/aromatic N) is 1. The van der Waals surface area contributed by atoms with Crippen LogP contribution in [0.1, 0.15) is 23.7 Å². The highest BCUT2D eigenvalue weighted by atomic mass is 16.5. The van der Waals surface area contributed by atoms with Gasteiger partial charge in [0.25, 0.3) is 5.91 Å². The Hall–Kier alpha value is -2.70. The molecular weight excluding hydrogens is 276 g/mol. The molecule has 21 heavy (non-hydrogen) atoms. The SMILES string of the molecule is CCOC(=O)/C=C/C[C@@H](NC(=O)c1cccnc1)C(=O)O. The summed E-state index contributed by atoms with van der Waals surface area (Å²) in [5, 5.41) is 11.4. The van der Waals surface area contributed by atoms with Gasteiger partial charge in [-0.25, -0.2) is 9.59 Å². The maximum absolute atomic E-state index is 11.8. The van der Waals surface area contributed by atoms with Crippen LogP contribution in [-0.4, -0.2) is 40.6 Å². The van der Waals surface area contributed by atoms with E-state index in [1.54, 1.807) is 13.0 Å². The minimum absolute atomic E-state index is 0.0276. The molecule has 0 saturated heterocycles. The summed E-state index contributed by atoms with van der Waals surface area (Å²) in [5.74, 6) is -2.29. The van der Waals surface area contributed by atoms with E-state index in [4.69, 9.17) is 5.11 Å². The van der Waals surface area contributed by atoms with E-state index in [-0.39, 0.29) is 18.6 Å². The number of carbonyl (C=O) groups is 3. The smallest absolute Gasteiger partial charge is 0.330 e. The minimum atomic E-state index is -1.19. The highest BCUT2D eigenvalue weighted by molar-refractivity contribution is 5.96. The first-order valence-electron chi connectivity index (χ1n) is 6.31. The molecule has 1 aromatic rings. The average molecular weight is 292 g/mol. The second-order valence-electron chi connectivity index (χ2n) is 4.00. The van der Waals surface area contributed by atoms with Crippen LogP contribution in [0.4, 0.5) is 0 Å². The van der Waals surface area contributed by atoms with E-state index in [1.165, 1.54) is 24.5 Å². The lowest BCUT2D eigenvalue weighted by atomic mass is 10.1. The van der Waals surface area contributed by atoms with Gasteiger partial charge in [0.05, 0.1) is 12.2 Å². The number of aliphatic carboxylic acids is 1. The molecule has 7 heteroatoms. The standard InChI is InChI=1S/C14H16N2O5/c1-2-21-12(17)7-3-6-11(14(19)20)16-13(18)10-5-4-8-15-9-10/h3-5,7-9,11H,2,6H2,1H3,(H,16,18)(H,19,20)/b7-3+/t11-/m1/s1. The van der Waals surface area contributed by atoms with E-state index in [1.807, 2.05) is 0 Å². The largest absolute Gasteiger partial charge is 0.480 e. The first-order valence-corrected chi connectivity index (χ1v) is 6.31. The van der Waals surface area contributed by atoms with Gasteiger partial charge < -0.3 is 15.2 Å². The van der Waals surface area contributed by atoms with Gasteiger partial charge >= 0.3 is 11.9 Å². The normalized spacial score (nSPS) is 11.9. The fourth-order valence-corrected chi connectivity index (χ4v) is 1.45. The molecular formula is C14H16N2O5. The monoisotopic (exact) mass is 292 g/mol. The van der Waals surface area contributed by atoms with Crippen molar-refractivity contribution in [1.29, 1.82) is 0 Å². The van der Waals surface area contributed by atoms with Crippen LogP contribution in [0.2, 0.25) is 0 Å². The summed E-state index contributed by atoms with van der Waals surface area (Å²) in [7, 11) is 0. The van der Waals surface area contributed by atoms with E-state index >= 15 is 0 Å². The molecule has 112 valence electrons. The summed E-state index contributed by atoms with van der Waals surface area (Å²) in [6.07, 6.45) is 5.30. The van der Waals surface area contributed by atoms with Crippen molar-refractivity contribution < 1.29 is 24.2 Å². The third-order valence-corrected chi connectivity index (χ3v) is 2.44. The predicted octanol–water partition coefficient (Wildman–Crippen LogP) is 0.774. The van der Waals surface area contributed by atoms with Crippen molar-refractivity contribution in [2.75, 3.05) is 6.61 Å². The van der Waals surface area contributed by atoms with Crippen LogP contribution < -0.4 is 5.32 Å². The van der Waals surface area contributed by atoms with Crippen LogP contribution in [0.15, 0.2) is 36.7 Å². The third-order valence-electron chi connectivity index (χ3n) is 2.44. The van der Waals surface area contributed by atoms with Crippen LogP contribution in [0.3, 0.4) is 0 Å². The maximum Gasteiger partial charge on any atom is 0.330 e. The Morgan fingerprint density at radius 1 is 1.48 bits per heavy atom. The molecule has 1 rings (SSSR count). The Labute approximate surface area is 121 Å². The van der Waals surface area contributed by atoms with E-state index in [0.29, 0.717) is 0 Å². The fourth-order valence-electron chi connectivity index (χ4n) is 1.45. The van der Waals surface area contributed by atoms with E-state index < -0.39 is 23.9 Å². The second-order valence-corrected chi connectivity index (χ2v) is 4.00. The molecule has 0 bridgehead atoms. The number of carboxylic acids is 1. The number of hydrogen-bond donors (Lipinski definition) is 2. The van der Waals surface area contributed by atoms with E-state index in [0.717, 1.165) is 6.08 Å². The van der Waals surface area contributed by atoms with Crippen molar-refractivity contribution in [3.8, 4) is 0 Å². The lowest BCUT2D eigenvalue weighted by Crippen LogP contribution is -2.40. The zero-order valence-electron chi connectivity index (χ0n) is 11.5. The number of esters is 1. The molecule has 0 saturated carbocycles. The zero-order chi connectivity index (χ0) is 15.7. The summed E-state index contributed by atoms with van der Waals surface area (Å²) in [5.41, 5.74) is 0.262. The van der Waals surface area contributed by atoms with Gasteiger partial charge in [-0.05, 0) is 25.5 Å². The molecule has 0 aliphatic carbocycles. The molecule has 1 amide bonds. The number of carboxylic acid groups (broad SMARTS) is 1. The van der Waals surface area contributed by atoms with Gasteiger partial charge in [-0.1, -0.05) is 6.08 Å². The number of rotatable bonds is 7. The number of amides is 1. The van der Waals surface area contributed by atoms with E-state index in [2.05, 4.69) is 15.0 Å². The Kier molecular flexibility index (Phi) is 6.59. The quantitative estimate of drug-likeness (QED) is 0.568. The lowest BCUT2D eigenvalue weighted by molar-refractivity contribution is -0.139. The highest BCUT2D eigenvalue weighted by Crippen LogP contribution is 2.00. The summed E-state index contributed by atoms with van der Waals surface area (Å²) in [4.78, 5) is 37.8. The molecule has 0 radical (unpaired) electrons. The van der Waals surface area contributed by atoms with Crippen molar-refractivity contribution in [2.45, 2.75) is 19.4 Å². The number of pyridine rings is 1. The maximum atomic E-state index is 11.8. The predicted molar refractivity (Wildman–Crippen MR) is 73.5 cm³/mol. The molecule has 1 atom stereocenters. The number of hydrogen-bond acceptors (Lipinski definition) is 5. The first kappa shape index (κ1) is 16.4. The molecule has 7 nitrogen and oxygen atoms in total. The van der Waals surface area contributed by atoms with Crippen LogP contribution in [-0.2, 0) is 14.3 Å². The summed E-state index contributed by atoms with van der Waals surface area (Å²) in [6.45, 7) is 1.91.